The van der Waals surface area contributed by atoms with Crippen LogP contribution in [0.2, 0.25) is 0 Å². The van der Waals surface area contributed by atoms with Crippen molar-refractivity contribution in [3.8, 4) is 5.75 Å². The number of carbonyl (C=O) groups excluding carboxylic acids is 1. The van der Waals surface area contributed by atoms with Gasteiger partial charge >= 0.3 is 0 Å². The van der Waals surface area contributed by atoms with E-state index in [-0.39, 0.29) is 5.91 Å². The third-order valence-electron chi connectivity index (χ3n) is 4.82. The highest BCUT2D eigenvalue weighted by Crippen LogP contribution is 2.30. The average Bonchev–Trinajstić information content (AvgIpc) is 3.00. The van der Waals surface area contributed by atoms with E-state index >= 15 is 0 Å². The molecule has 0 aliphatic carbocycles. The molecular formula is C21H26N2O2. The van der Waals surface area contributed by atoms with Gasteiger partial charge in [0.25, 0.3) is 0 Å². The molecule has 4 nitrogen and oxygen atoms in total. The number of aryl methyl sites for hydroxylation is 2. The van der Waals surface area contributed by atoms with Gasteiger partial charge in [-0.2, -0.15) is 0 Å². The number of nitrogens with one attached hydrogen (secondary N) is 1. The molecule has 0 radical (unpaired) electrons. The van der Waals surface area contributed by atoms with Crippen LogP contribution >= 0.6 is 0 Å². The Kier molecular flexibility index (Phi) is 5.27. The Morgan fingerprint density at radius 2 is 2.00 bits per heavy atom. The number of anilines is 2. The lowest BCUT2D eigenvalue weighted by molar-refractivity contribution is -0.116. The third kappa shape index (κ3) is 4.13. The maximum Gasteiger partial charge on any atom is 0.227 e. The number of benzene rings is 2. The van der Waals surface area contributed by atoms with Crippen LogP contribution in [-0.4, -0.2) is 25.6 Å². The average molecular weight is 338 g/mol. The molecule has 0 saturated carbocycles. The molecule has 0 aromatic heterocycles. The van der Waals surface area contributed by atoms with Gasteiger partial charge in [-0.1, -0.05) is 12.1 Å². The largest absolute Gasteiger partial charge is 0.493 e. The van der Waals surface area contributed by atoms with Gasteiger partial charge in [0.2, 0.25) is 5.91 Å². The third-order valence-corrected chi connectivity index (χ3v) is 4.82. The van der Waals surface area contributed by atoms with E-state index in [1.54, 1.807) is 0 Å². The Bertz CT molecular complexity index is 770. The zero-order valence-electron chi connectivity index (χ0n) is 15.3. The van der Waals surface area contributed by atoms with E-state index in [0.717, 1.165) is 30.9 Å². The summed E-state index contributed by atoms with van der Waals surface area (Å²) >= 11 is 0. The van der Waals surface area contributed by atoms with Crippen molar-refractivity contribution in [2.75, 3.05) is 29.9 Å². The normalized spacial score (nSPS) is 12.8. The van der Waals surface area contributed by atoms with Crippen LogP contribution < -0.4 is 15.0 Å². The van der Waals surface area contributed by atoms with Crippen molar-refractivity contribution in [1.82, 2.24) is 0 Å². The number of hydrogen-bond donors (Lipinski definition) is 1. The minimum Gasteiger partial charge on any atom is -0.493 e. The lowest BCUT2D eigenvalue weighted by atomic mass is 10.1. The van der Waals surface area contributed by atoms with Crippen LogP contribution in [0.1, 0.15) is 30.0 Å². The van der Waals surface area contributed by atoms with Crippen LogP contribution in [0.4, 0.5) is 11.4 Å². The van der Waals surface area contributed by atoms with Gasteiger partial charge in [0, 0.05) is 24.5 Å². The first-order chi connectivity index (χ1) is 12.1. The summed E-state index contributed by atoms with van der Waals surface area (Å²) in [5, 5.41) is 2.98. The maximum absolute atomic E-state index is 12.2. The molecule has 2 aromatic rings. The molecule has 1 aliphatic heterocycles. The zero-order chi connectivity index (χ0) is 17.8. The lowest BCUT2D eigenvalue weighted by Crippen LogP contribution is -2.19. The summed E-state index contributed by atoms with van der Waals surface area (Å²) in [6, 6.07) is 12.2. The number of likely N-dealkylation sites (N-methyl/N-ethyl adjacent to an activating group) is 1. The molecule has 0 bridgehead atoms. The van der Waals surface area contributed by atoms with Crippen LogP contribution in [-0.2, 0) is 11.2 Å². The van der Waals surface area contributed by atoms with E-state index in [0.29, 0.717) is 13.0 Å². The Morgan fingerprint density at radius 1 is 1.16 bits per heavy atom. The second kappa shape index (κ2) is 7.60. The fraction of sp³-hybridized carbons (Fsp3) is 0.381. The van der Waals surface area contributed by atoms with Gasteiger partial charge in [-0.15, -0.1) is 0 Å². The number of ether oxygens (including phenoxy) is 1. The molecule has 132 valence electrons. The Balaban J connectivity index is 1.52. The Labute approximate surface area is 149 Å². The van der Waals surface area contributed by atoms with Gasteiger partial charge < -0.3 is 15.0 Å². The summed E-state index contributed by atoms with van der Waals surface area (Å²) < 4.78 is 5.69. The number of amides is 1. The molecule has 0 unspecified atom stereocenters. The molecule has 0 spiro atoms. The number of nitrogens with zero attached hydrogens (tertiary/aromatic N) is 1. The van der Waals surface area contributed by atoms with Crippen LogP contribution in [0.3, 0.4) is 0 Å². The summed E-state index contributed by atoms with van der Waals surface area (Å²) in [7, 11) is 0. The highest BCUT2D eigenvalue weighted by atomic mass is 16.5. The second-order valence-corrected chi connectivity index (χ2v) is 6.57. The second-order valence-electron chi connectivity index (χ2n) is 6.57. The molecule has 0 atom stereocenters. The van der Waals surface area contributed by atoms with Gasteiger partial charge in [0.05, 0.1) is 13.0 Å². The topological polar surface area (TPSA) is 41.6 Å². The van der Waals surface area contributed by atoms with Gasteiger partial charge in [0.15, 0.2) is 0 Å². The predicted molar refractivity (Wildman–Crippen MR) is 103 cm³/mol. The number of rotatable bonds is 6. The monoisotopic (exact) mass is 338 g/mol. The number of carbonyl (C=O) groups is 1. The summed E-state index contributed by atoms with van der Waals surface area (Å²) in [5.74, 6) is 0.789. The number of hydrogen-bond acceptors (Lipinski definition) is 3. The quantitative estimate of drug-likeness (QED) is 0.862. The van der Waals surface area contributed by atoms with Crippen LogP contribution in [0.15, 0.2) is 36.4 Å². The van der Waals surface area contributed by atoms with E-state index in [4.69, 9.17) is 4.74 Å². The molecule has 0 saturated heterocycles. The van der Waals surface area contributed by atoms with Gasteiger partial charge in [0.1, 0.15) is 5.75 Å². The Morgan fingerprint density at radius 3 is 2.76 bits per heavy atom. The van der Waals surface area contributed by atoms with Crippen molar-refractivity contribution in [3.63, 3.8) is 0 Å². The minimum atomic E-state index is -0.0233. The number of fused-ring (bicyclic) bond motifs is 1. The first-order valence-corrected chi connectivity index (χ1v) is 8.94. The lowest BCUT2D eigenvalue weighted by Gasteiger charge is -2.17. The van der Waals surface area contributed by atoms with E-state index in [1.807, 2.05) is 24.3 Å². The van der Waals surface area contributed by atoms with Crippen molar-refractivity contribution < 1.29 is 9.53 Å². The zero-order valence-corrected chi connectivity index (χ0v) is 15.3. The fourth-order valence-electron chi connectivity index (χ4n) is 3.14. The molecule has 0 fully saturated rings. The maximum atomic E-state index is 12.2. The van der Waals surface area contributed by atoms with Crippen molar-refractivity contribution in [1.29, 1.82) is 0 Å². The van der Waals surface area contributed by atoms with Gasteiger partial charge in [-0.25, -0.2) is 0 Å². The highest BCUT2D eigenvalue weighted by molar-refractivity contribution is 5.91. The van der Waals surface area contributed by atoms with Gasteiger partial charge in [-0.3, -0.25) is 4.79 Å². The molecule has 25 heavy (non-hydrogen) atoms. The molecule has 1 amide bonds. The smallest absolute Gasteiger partial charge is 0.227 e. The highest BCUT2D eigenvalue weighted by Gasteiger charge is 2.18. The summed E-state index contributed by atoms with van der Waals surface area (Å²) in [5.41, 5.74) is 5.89. The summed E-state index contributed by atoms with van der Waals surface area (Å²) in [6.07, 6.45) is 1.42. The van der Waals surface area contributed by atoms with Crippen molar-refractivity contribution in [2.24, 2.45) is 0 Å². The van der Waals surface area contributed by atoms with Gasteiger partial charge in [-0.05, 0) is 68.1 Å². The molecule has 2 aromatic carbocycles. The van der Waals surface area contributed by atoms with Crippen LogP contribution in [0.25, 0.3) is 0 Å². The van der Waals surface area contributed by atoms with Crippen LogP contribution in [0, 0.1) is 13.8 Å². The van der Waals surface area contributed by atoms with E-state index in [1.165, 1.54) is 22.4 Å². The van der Waals surface area contributed by atoms with Crippen molar-refractivity contribution in [3.05, 3.63) is 53.1 Å². The molecular weight excluding hydrogens is 312 g/mol. The van der Waals surface area contributed by atoms with E-state index < -0.39 is 0 Å². The summed E-state index contributed by atoms with van der Waals surface area (Å²) in [4.78, 5) is 14.5. The molecule has 4 heteroatoms. The minimum absolute atomic E-state index is 0.0233. The first kappa shape index (κ1) is 17.3. The molecule has 1 aliphatic rings. The SMILES string of the molecule is CCN1CCc2ccc(NC(=O)CCOc3ccc(C)c(C)c3)cc21. The molecule has 1 heterocycles. The molecule has 3 rings (SSSR count). The molecule has 1 N–H and O–H groups in total. The van der Waals surface area contributed by atoms with E-state index in [9.17, 15) is 4.79 Å². The first-order valence-electron chi connectivity index (χ1n) is 8.94. The standard InChI is InChI=1S/C21H26N2O2/c1-4-23-11-9-17-6-7-18(14-20(17)23)22-21(24)10-12-25-19-8-5-15(2)16(3)13-19/h5-8,13-14H,4,9-12H2,1-3H3,(H,22,24). The van der Waals surface area contributed by atoms with Crippen molar-refractivity contribution >= 4 is 17.3 Å². The van der Waals surface area contributed by atoms with Crippen LogP contribution in [0.5, 0.6) is 5.75 Å². The summed E-state index contributed by atoms with van der Waals surface area (Å²) in [6.45, 7) is 8.72. The van der Waals surface area contributed by atoms with E-state index in [2.05, 4.69) is 43.1 Å². The Hall–Kier alpha value is -2.49. The van der Waals surface area contributed by atoms with Crippen molar-refractivity contribution in [2.45, 2.75) is 33.6 Å². The predicted octanol–water partition coefficient (Wildman–Crippen LogP) is 4.09. The fourth-order valence-corrected chi connectivity index (χ4v) is 3.14.